The minimum absolute atomic E-state index is 0.206. The Bertz CT molecular complexity index is 1350. The Labute approximate surface area is 214 Å². The number of rotatable bonds is 13. The van der Waals surface area contributed by atoms with Gasteiger partial charge in [0, 0.05) is 37.2 Å². The van der Waals surface area contributed by atoms with E-state index in [-0.39, 0.29) is 5.91 Å². The van der Waals surface area contributed by atoms with Crippen LogP contribution in [0.4, 0.5) is 4.79 Å². The lowest BCUT2D eigenvalue weighted by molar-refractivity contribution is 0.0953. The lowest BCUT2D eigenvalue weighted by atomic mass is 10.1. The Balaban J connectivity index is 1.38. The summed E-state index contributed by atoms with van der Waals surface area (Å²) < 4.78 is 15.7. The maximum atomic E-state index is 12.7. The van der Waals surface area contributed by atoms with E-state index in [9.17, 15) is 9.59 Å². The third kappa shape index (κ3) is 6.76. The molecule has 0 aliphatic carbocycles. The minimum atomic E-state index is -0.432. The van der Waals surface area contributed by atoms with Gasteiger partial charge in [-0.15, -0.1) is 0 Å². The summed E-state index contributed by atoms with van der Waals surface area (Å²) in [5.74, 6) is 1.10. The average molecular weight is 509 g/mol. The SMILES string of the molecule is CCCCOC(=O)NCCCNC(=O)c1ccc2[nH]nc(-c3nc4ccc(OCCOC)cc4[nH]3)c2c1. The fourth-order valence-corrected chi connectivity index (χ4v) is 3.71. The van der Waals surface area contributed by atoms with Crippen molar-refractivity contribution in [2.45, 2.75) is 26.2 Å². The van der Waals surface area contributed by atoms with Crippen LogP contribution in [-0.4, -0.2) is 72.2 Å². The predicted molar refractivity (Wildman–Crippen MR) is 140 cm³/mol. The van der Waals surface area contributed by atoms with Crippen LogP contribution in [0.5, 0.6) is 5.75 Å². The minimum Gasteiger partial charge on any atom is -0.491 e. The van der Waals surface area contributed by atoms with Gasteiger partial charge in [0.2, 0.25) is 0 Å². The molecule has 37 heavy (non-hydrogen) atoms. The fraction of sp³-hybridized carbons (Fsp3) is 0.385. The number of aromatic amines is 2. The first-order chi connectivity index (χ1) is 18.1. The first-order valence-electron chi connectivity index (χ1n) is 12.4. The molecule has 0 aliphatic rings. The van der Waals surface area contributed by atoms with Gasteiger partial charge in [0.25, 0.3) is 5.91 Å². The molecule has 0 unspecified atom stereocenters. The summed E-state index contributed by atoms with van der Waals surface area (Å²) in [7, 11) is 1.63. The highest BCUT2D eigenvalue weighted by Gasteiger charge is 2.15. The number of methoxy groups -OCH3 is 1. The molecule has 0 saturated heterocycles. The molecule has 0 atom stereocenters. The van der Waals surface area contributed by atoms with E-state index in [1.807, 2.05) is 31.2 Å². The second kappa shape index (κ2) is 12.7. The highest BCUT2D eigenvalue weighted by Crippen LogP contribution is 2.28. The Morgan fingerprint density at radius 2 is 1.84 bits per heavy atom. The molecule has 2 heterocycles. The standard InChI is InChI=1S/C26H32N6O5/c1-3-4-12-37-26(34)28-11-5-10-27-25(33)17-6-8-20-19(15-17)23(32-31-20)24-29-21-9-7-18(16-22(21)30-24)36-14-13-35-2/h6-9,15-16H,3-5,10-14H2,1-2H3,(H,27,33)(H,28,34)(H,29,30)(H,31,32). The Kier molecular flexibility index (Phi) is 8.93. The summed E-state index contributed by atoms with van der Waals surface area (Å²) >= 11 is 0. The summed E-state index contributed by atoms with van der Waals surface area (Å²) in [6, 6.07) is 11.0. The van der Waals surface area contributed by atoms with Crippen molar-refractivity contribution in [3.05, 3.63) is 42.0 Å². The Morgan fingerprint density at radius 3 is 2.68 bits per heavy atom. The number of alkyl carbamates (subject to hydrolysis) is 1. The number of carbonyl (C=O) groups is 2. The molecule has 0 bridgehead atoms. The molecule has 11 nitrogen and oxygen atoms in total. The van der Waals surface area contributed by atoms with E-state index in [2.05, 4.69) is 30.8 Å². The number of fused-ring (bicyclic) bond motifs is 2. The van der Waals surface area contributed by atoms with E-state index in [0.29, 0.717) is 62.2 Å². The molecule has 4 rings (SSSR count). The number of carbonyl (C=O) groups excluding carboxylic acids is 2. The number of imidazole rings is 1. The van der Waals surface area contributed by atoms with Crippen LogP contribution < -0.4 is 15.4 Å². The number of benzene rings is 2. The quantitative estimate of drug-likeness (QED) is 0.201. The summed E-state index contributed by atoms with van der Waals surface area (Å²) in [6.45, 7) is 4.25. The molecule has 11 heteroatoms. The van der Waals surface area contributed by atoms with Crippen molar-refractivity contribution < 1.29 is 23.8 Å². The van der Waals surface area contributed by atoms with E-state index in [1.54, 1.807) is 19.2 Å². The number of nitrogens with zero attached hydrogens (tertiary/aromatic N) is 2. The number of hydrogen-bond acceptors (Lipinski definition) is 7. The van der Waals surface area contributed by atoms with E-state index in [0.717, 1.165) is 34.8 Å². The first-order valence-corrected chi connectivity index (χ1v) is 12.4. The second-order valence-corrected chi connectivity index (χ2v) is 8.46. The summed E-state index contributed by atoms with van der Waals surface area (Å²) in [6.07, 6.45) is 1.96. The Morgan fingerprint density at radius 1 is 0.973 bits per heavy atom. The monoisotopic (exact) mass is 508 g/mol. The van der Waals surface area contributed by atoms with Crippen LogP contribution in [0.1, 0.15) is 36.5 Å². The van der Waals surface area contributed by atoms with Gasteiger partial charge in [-0.1, -0.05) is 13.3 Å². The third-order valence-corrected chi connectivity index (χ3v) is 5.70. The van der Waals surface area contributed by atoms with Crippen molar-refractivity contribution in [3.8, 4) is 17.3 Å². The van der Waals surface area contributed by atoms with Crippen LogP contribution in [0.2, 0.25) is 0 Å². The molecule has 2 aromatic heterocycles. The molecule has 2 aromatic carbocycles. The number of aromatic nitrogens is 4. The topological polar surface area (TPSA) is 143 Å². The third-order valence-electron chi connectivity index (χ3n) is 5.70. The van der Waals surface area contributed by atoms with Crippen LogP contribution in [0, 0.1) is 0 Å². The first kappa shape index (κ1) is 26.0. The van der Waals surface area contributed by atoms with Gasteiger partial charge in [-0.3, -0.25) is 9.89 Å². The molecule has 196 valence electrons. The number of ether oxygens (including phenoxy) is 3. The number of nitrogens with one attached hydrogen (secondary N) is 4. The number of hydrogen-bond donors (Lipinski definition) is 4. The zero-order valence-electron chi connectivity index (χ0n) is 21.1. The van der Waals surface area contributed by atoms with Crippen LogP contribution in [0.15, 0.2) is 36.4 Å². The van der Waals surface area contributed by atoms with Crippen LogP contribution in [0.25, 0.3) is 33.5 Å². The van der Waals surface area contributed by atoms with Gasteiger partial charge in [-0.25, -0.2) is 9.78 Å². The molecule has 0 radical (unpaired) electrons. The Hall–Kier alpha value is -4.12. The van der Waals surface area contributed by atoms with Crippen molar-refractivity contribution in [3.63, 3.8) is 0 Å². The summed E-state index contributed by atoms with van der Waals surface area (Å²) in [5, 5.41) is 13.8. The molecule has 4 aromatic rings. The lowest BCUT2D eigenvalue weighted by Gasteiger charge is -2.08. The maximum absolute atomic E-state index is 12.7. The molecule has 0 saturated carbocycles. The molecule has 0 spiro atoms. The van der Waals surface area contributed by atoms with Crippen molar-refractivity contribution in [2.24, 2.45) is 0 Å². The van der Waals surface area contributed by atoms with Gasteiger partial charge < -0.3 is 29.8 Å². The van der Waals surface area contributed by atoms with Gasteiger partial charge in [0.05, 0.1) is 29.8 Å². The van der Waals surface area contributed by atoms with Gasteiger partial charge >= 0.3 is 6.09 Å². The number of amides is 2. The average Bonchev–Trinajstić information content (AvgIpc) is 3.52. The summed E-state index contributed by atoms with van der Waals surface area (Å²) in [5.41, 5.74) is 3.52. The van der Waals surface area contributed by atoms with Crippen LogP contribution in [0.3, 0.4) is 0 Å². The van der Waals surface area contributed by atoms with E-state index >= 15 is 0 Å². The molecule has 0 fully saturated rings. The molecule has 2 amide bonds. The highest BCUT2D eigenvalue weighted by atomic mass is 16.5. The van der Waals surface area contributed by atoms with Gasteiger partial charge in [0.15, 0.2) is 5.82 Å². The van der Waals surface area contributed by atoms with Crippen molar-refractivity contribution >= 4 is 33.9 Å². The predicted octanol–water partition coefficient (Wildman–Crippen LogP) is 3.78. The van der Waals surface area contributed by atoms with Gasteiger partial charge in [-0.2, -0.15) is 5.10 Å². The van der Waals surface area contributed by atoms with Crippen molar-refractivity contribution in [2.75, 3.05) is 40.0 Å². The number of H-pyrrole nitrogens is 2. The second-order valence-electron chi connectivity index (χ2n) is 8.46. The molecular weight excluding hydrogens is 476 g/mol. The van der Waals surface area contributed by atoms with Crippen molar-refractivity contribution in [1.82, 2.24) is 30.8 Å². The maximum Gasteiger partial charge on any atom is 0.407 e. The van der Waals surface area contributed by atoms with Crippen molar-refractivity contribution in [1.29, 1.82) is 0 Å². The molecule has 0 aliphatic heterocycles. The molecular formula is C26H32N6O5. The lowest BCUT2D eigenvalue weighted by Crippen LogP contribution is -2.30. The molecule has 4 N–H and O–H groups in total. The van der Waals surface area contributed by atoms with Crippen LogP contribution in [-0.2, 0) is 9.47 Å². The normalized spacial score (nSPS) is 11.1. The van der Waals surface area contributed by atoms with Gasteiger partial charge in [0.1, 0.15) is 18.1 Å². The van der Waals surface area contributed by atoms with E-state index in [1.165, 1.54) is 0 Å². The largest absolute Gasteiger partial charge is 0.491 e. The smallest absolute Gasteiger partial charge is 0.407 e. The summed E-state index contributed by atoms with van der Waals surface area (Å²) in [4.78, 5) is 32.2. The highest BCUT2D eigenvalue weighted by molar-refractivity contribution is 6.01. The van der Waals surface area contributed by atoms with E-state index in [4.69, 9.17) is 14.2 Å². The fourth-order valence-electron chi connectivity index (χ4n) is 3.71. The van der Waals surface area contributed by atoms with Gasteiger partial charge in [-0.05, 0) is 43.2 Å². The van der Waals surface area contributed by atoms with E-state index < -0.39 is 6.09 Å². The van der Waals surface area contributed by atoms with Crippen LogP contribution >= 0.6 is 0 Å². The number of unbranched alkanes of at least 4 members (excludes halogenated alkanes) is 1. The zero-order valence-corrected chi connectivity index (χ0v) is 21.1. The zero-order chi connectivity index (χ0) is 26.0.